The quantitative estimate of drug-likeness (QED) is 0.854. The first-order chi connectivity index (χ1) is 9.47. The van der Waals surface area contributed by atoms with Gasteiger partial charge in [0.15, 0.2) is 0 Å². The Morgan fingerprint density at radius 3 is 2.45 bits per heavy atom. The van der Waals surface area contributed by atoms with Crippen molar-refractivity contribution in [3.05, 3.63) is 0 Å². The molecule has 0 spiro atoms. The van der Waals surface area contributed by atoms with Crippen molar-refractivity contribution in [2.75, 3.05) is 32.7 Å². The number of piperazine rings is 1. The van der Waals surface area contributed by atoms with Gasteiger partial charge >= 0.3 is 0 Å². The molecule has 3 unspecified atom stereocenters. The molecule has 2 N–H and O–H groups in total. The summed E-state index contributed by atoms with van der Waals surface area (Å²) in [7, 11) is 0. The number of nitrogens with zero attached hydrogens (tertiary/aromatic N) is 2. The van der Waals surface area contributed by atoms with Crippen LogP contribution in [0.2, 0.25) is 0 Å². The predicted molar refractivity (Wildman–Crippen MR) is 82.3 cm³/mol. The van der Waals surface area contributed by atoms with Crippen LogP contribution in [-0.4, -0.2) is 54.5 Å². The normalized spacial score (nSPS) is 32.6. The Bertz CT molecular complexity index is 324. The van der Waals surface area contributed by atoms with Crippen molar-refractivity contribution >= 4 is 5.91 Å². The Morgan fingerprint density at radius 2 is 1.85 bits per heavy atom. The van der Waals surface area contributed by atoms with Crippen LogP contribution in [0.4, 0.5) is 0 Å². The minimum atomic E-state index is 0.162. The van der Waals surface area contributed by atoms with E-state index in [1.165, 1.54) is 0 Å². The van der Waals surface area contributed by atoms with Gasteiger partial charge in [0.2, 0.25) is 5.91 Å². The second kappa shape index (κ2) is 6.90. The van der Waals surface area contributed by atoms with E-state index in [-0.39, 0.29) is 12.0 Å². The topological polar surface area (TPSA) is 49.6 Å². The first-order valence-corrected chi connectivity index (χ1v) is 8.24. The number of carbonyl (C=O) groups excluding carboxylic acids is 1. The molecular weight excluding hydrogens is 250 g/mol. The maximum Gasteiger partial charge on any atom is 0.226 e. The van der Waals surface area contributed by atoms with Gasteiger partial charge in [0.1, 0.15) is 0 Å². The molecule has 2 rings (SSSR count). The maximum absolute atomic E-state index is 12.7. The Morgan fingerprint density at radius 1 is 1.20 bits per heavy atom. The summed E-state index contributed by atoms with van der Waals surface area (Å²) in [5, 5.41) is 0. The zero-order chi connectivity index (χ0) is 14.7. The third kappa shape index (κ3) is 3.95. The summed E-state index contributed by atoms with van der Waals surface area (Å²) in [6.07, 6.45) is 3.06. The van der Waals surface area contributed by atoms with Crippen molar-refractivity contribution in [2.24, 2.45) is 23.5 Å². The highest BCUT2D eigenvalue weighted by Gasteiger charge is 2.34. The minimum Gasteiger partial charge on any atom is -0.340 e. The number of nitrogens with two attached hydrogens (primary N) is 1. The van der Waals surface area contributed by atoms with Crippen LogP contribution >= 0.6 is 0 Å². The van der Waals surface area contributed by atoms with Crippen molar-refractivity contribution < 1.29 is 4.79 Å². The second-order valence-electron chi connectivity index (χ2n) is 7.18. The van der Waals surface area contributed by atoms with Crippen LogP contribution in [0.25, 0.3) is 0 Å². The zero-order valence-electron chi connectivity index (χ0n) is 13.3. The van der Waals surface area contributed by atoms with Crippen molar-refractivity contribution in [1.82, 2.24) is 9.80 Å². The van der Waals surface area contributed by atoms with E-state index in [4.69, 9.17) is 5.73 Å². The average molecular weight is 281 g/mol. The molecule has 2 fully saturated rings. The molecule has 1 aliphatic heterocycles. The molecule has 2 aliphatic rings. The summed E-state index contributed by atoms with van der Waals surface area (Å²) in [5.41, 5.74) is 6.05. The number of hydrogen-bond acceptors (Lipinski definition) is 3. The van der Waals surface area contributed by atoms with Crippen LogP contribution in [0, 0.1) is 17.8 Å². The lowest BCUT2D eigenvalue weighted by Gasteiger charge is -2.40. The van der Waals surface area contributed by atoms with Gasteiger partial charge in [0.05, 0.1) is 0 Å². The zero-order valence-corrected chi connectivity index (χ0v) is 13.3. The van der Waals surface area contributed by atoms with E-state index in [0.29, 0.717) is 17.7 Å². The lowest BCUT2D eigenvalue weighted by atomic mass is 9.77. The van der Waals surface area contributed by atoms with Crippen LogP contribution in [0.15, 0.2) is 0 Å². The summed E-state index contributed by atoms with van der Waals surface area (Å²) in [6, 6.07) is 0.224. The fourth-order valence-electron chi connectivity index (χ4n) is 3.60. The summed E-state index contributed by atoms with van der Waals surface area (Å²) in [4.78, 5) is 17.2. The molecule has 1 saturated carbocycles. The molecule has 0 bridgehead atoms. The number of carbonyl (C=O) groups is 1. The number of amides is 1. The van der Waals surface area contributed by atoms with E-state index < -0.39 is 0 Å². The molecule has 0 aromatic heterocycles. The van der Waals surface area contributed by atoms with Gasteiger partial charge in [-0.05, 0) is 31.1 Å². The van der Waals surface area contributed by atoms with Crippen molar-refractivity contribution in [3.8, 4) is 0 Å². The number of hydrogen-bond donors (Lipinski definition) is 1. The molecule has 1 amide bonds. The van der Waals surface area contributed by atoms with E-state index in [9.17, 15) is 4.79 Å². The second-order valence-corrected chi connectivity index (χ2v) is 7.18. The van der Waals surface area contributed by atoms with Crippen LogP contribution in [0.5, 0.6) is 0 Å². The largest absolute Gasteiger partial charge is 0.340 e. The summed E-state index contributed by atoms with van der Waals surface area (Å²) < 4.78 is 0. The predicted octanol–water partition coefficient (Wildman–Crippen LogP) is 1.55. The standard InChI is InChI=1S/C16H31N3O/c1-12(2)11-18-6-8-19(9-7-18)16(20)15-10-14(17)5-4-13(15)3/h12-15H,4-11,17H2,1-3H3. The van der Waals surface area contributed by atoms with E-state index in [0.717, 1.165) is 52.0 Å². The molecule has 1 aliphatic carbocycles. The Labute approximate surface area is 123 Å². The monoisotopic (exact) mass is 281 g/mol. The number of rotatable bonds is 3. The third-order valence-electron chi connectivity index (χ3n) is 4.86. The van der Waals surface area contributed by atoms with Gasteiger partial charge in [0.25, 0.3) is 0 Å². The van der Waals surface area contributed by atoms with Crippen LogP contribution < -0.4 is 5.73 Å². The lowest BCUT2D eigenvalue weighted by Crippen LogP contribution is -2.52. The SMILES string of the molecule is CC(C)CN1CCN(C(=O)C2CC(N)CCC2C)CC1. The molecule has 1 saturated heterocycles. The van der Waals surface area contributed by atoms with Gasteiger partial charge in [0, 0.05) is 44.7 Å². The molecule has 0 radical (unpaired) electrons. The summed E-state index contributed by atoms with van der Waals surface area (Å²) in [5.74, 6) is 1.72. The van der Waals surface area contributed by atoms with E-state index in [2.05, 4.69) is 30.6 Å². The van der Waals surface area contributed by atoms with E-state index in [1.807, 2.05) is 0 Å². The first kappa shape index (κ1) is 15.8. The smallest absolute Gasteiger partial charge is 0.226 e. The molecule has 4 nitrogen and oxygen atoms in total. The molecule has 4 heteroatoms. The Balaban J connectivity index is 1.85. The van der Waals surface area contributed by atoms with Crippen LogP contribution in [-0.2, 0) is 4.79 Å². The Kier molecular flexibility index (Phi) is 5.44. The highest BCUT2D eigenvalue weighted by atomic mass is 16.2. The summed E-state index contributed by atoms with van der Waals surface area (Å²) in [6.45, 7) is 11.7. The fourth-order valence-corrected chi connectivity index (χ4v) is 3.60. The van der Waals surface area contributed by atoms with Gasteiger partial charge in [-0.25, -0.2) is 0 Å². The van der Waals surface area contributed by atoms with Gasteiger partial charge < -0.3 is 10.6 Å². The minimum absolute atomic E-state index is 0.162. The summed E-state index contributed by atoms with van der Waals surface area (Å²) >= 11 is 0. The fraction of sp³-hybridized carbons (Fsp3) is 0.938. The average Bonchev–Trinajstić information content (AvgIpc) is 2.41. The highest BCUT2D eigenvalue weighted by Crippen LogP contribution is 2.30. The third-order valence-corrected chi connectivity index (χ3v) is 4.86. The van der Waals surface area contributed by atoms with Crippen LogP contribution in [0.3, 0.4) is 0 Å². The van der Waals surface area contributed by atoms with Crippen molar-refractivity contribution in [1.29, 1.82) is 0 Å². The van der Waals surface area contributed by atoms with E-state index >= 15 is 0 Å². The molecule has 20 heavy (non-hydrogen) atoms. The lowest BCUT2D eigenvalue weighted by molar-refractivity contribution is -0.140. The van der Waals surface area contributed by atoms with E-state index in [1.54, 1.807) is 0 Å². The van der Waals surface area contributed by atoms with Crippen LogP contribution in [0.1, 0.15) is 40.0 Å². The van der Waals surface area contributed by atoms with Gasteiger partial charge in [-0.2, -0.15) is 0 Å². The molecule has 3 atom stereocenters. The Hall–Kier alpha value is -0.610. The maximum atomic E-state index is 12.7. The first-order valence-electron chi connectivity index (χ1n) is 8.24. The van der Waals surface area contributed by atoms with Crippen molar-refractivity contribution in [3.63, 3.8) is 0 Å². The van der Waals surface area contributed by atoms with Gasteiger partial charge in [-0.15, -0.1) is 0 Å². The molecule has 116 valence electrons. The molecule has 1 heterocycles. The van der Waals surface area contributed by atoms with Crippen molar-refractivity contribution in [2.45, 2.75) is 46.1 Å². The molecule has 0 aromatic rings. The van der Waals surface area contributed by atoms with Gasteiger partial charge in [-0.1, -0.05) is 20.8 Å². The molecular formula is C16H31N3O. The van der Waals surface area contributed by atoms with Gasteiger partial charge in [-0.3, -0.25) is 9.69 Å². The molecule has 0 aromatic carbocycles. The highest BCUT2D eigenvalue weighted by molar-refractivity contribution is 5.79.